The molecule has 0 aromatic rings. The largest absolute Gasteiger partial charge is 0.355 e. The van der Waals surface area contributed by atoms with Crippen LogP contribution in [0.2, 0.25) is 0 Å². The highest BCUT2D eigenvalue weighted by atomic mass is 32.2. The van der Waals surface area contributed by atoms with Gasteiger partial charge >= 0.3 is 0 Å². The van der Waals surface area contributed by atoms with Gasteiger partial charge in [-0.15, -0.1) is 0 Å². The molecule has 1 unspecified atom stereocenters. The van der Waals surface area contributed by atoms with E-state index in [1.165, 1.54) is 6.26 Å². The monoisotopic (exact) mass is 347 g/mol. The zero-order chi connectivity index (χ0) is 17.3. The molecular weight excluding hydrogens is 314 g/mol. The predicted octanol–water partition coefficient (Wildman–Crippen LogP) is -0.388. The standard InChI is InChI=1S/C15H33N5O2S/c1-5-19-9-11-20(12-10-19)8-7-17-15(16-3)18-14(2)6-13-23(4,21)22/h14H,5-13H2,1-4H3,(H2,16,17,18). The molecule has 0 spiro atoms. The molecule has 8 heteroatoms. The summed E-state index contributed by atoms with van der Waals surface area (Å²) < 4.78 is 22.4. The molecule has 0 saturated carbocycles. The van der Waals surface area contributed by atoms with Crippen LogP contribution in [0.3, 0.4) is 0 Å². The van der Waals surface area contributed by atoms with Crippen LogP contribution < -0.4 is 10.6 Å². The van der Waals surface area contributed by atoms with E-state index >= 15 is 0 Å². The Morgan fingerprint density at radius 2 is 1.83 bits per heavy atom. The van der Waals surface area contributed by atoms with Crippen molar-refractivity contribution < 1.29 is 8.42 Å². The van der Waals surface area contributed by atoms with Crippen molar-refractivity contribution in [3.63, 3.8) is 0 Å². The molecule has 1 heterocycles. The summed E-state index contributed by atoms with van der Waals surface area (Å²) in [6.45, 7) is 11.7. The summed E-state index contributed by atoms with van der Waals surface area (Å²) in [5.74, 6) is 0.929. The van der Waals surface area contributed by atoms with Gasteiger partial charge in [0.25, 0.3) is 0 Å². The van der Waals surface area contributed by atoms with Crippen molar-refractivity contribution in [3.8, 4) is 0 Å². The molecule has 7 nitrogen and oxygen atoms in total. The van der Waals surface area contributed by atoms with Crippen molar-refractivity contribution in [2.24, 2.45) is 4.99 Å². The van der Waals surface area contributed by atoms with Crippen LogP contribution in [0.15, 0.2) is 4.99 Å². The Balaban J connectivity index is 2.21. The molecule has 0 radical (unpaired) electrons. The molecule has 1 aliphatic rings. The van der Waals surface area contributed by atoms with Crippen LogP contribution >= 0.6 is 0 Å². The number of hydrogen-bond acceptors (Lipinski definition) is 5. The van der Waals surface area contributed by atoms with Gasteiger partial charge in [0.2, 0.25) is 0 Å². The lowest BCUT2D eigenvalue weighted by Gasteiger charge is -2.34. The molecule has 0 aromatic carbocycles. The Bertz CT molecular complexity index is 458. The number of guanidine groups is 1. The maximum Gasteiger partial charge on any atom is 0.191 e. The van der Waals surface area contributed by atoms with Crippen LogP contribution in [0.25, 0.3) is 0 Å². The van der Waals surface area contributed by atoms with Gasteiger partial charge < -0.3 is 15.5 Å². The third kappa shape index (κ3) is 9.12. The highest BCUT2D eigenvalue weighted by Gasteiger charge is 2.15. The Labute approximate surface area is 141 Å². The van der Waals surface area contributed by atoms with Crippen molar-refractivity contribution in [2.45, 2.75) is 26.3 Å². The van der Waals surface area contributed by atoms with Crippen LogP contribution in [0.4, 0.5) is 0 Å². The highest BCUT2D eigenvalue weighted by molar-refractivity contribution is 7.90. The molecule has 0 bridgehead atoms. The number of nitrogens with one attached hydrogen (secondary N) is 2. The van der Waals surface area contributed by atoms with Crippen LogP contribution in [0.5, 0.6) is 0 Å². The second kappa shape index (κ2) is 10.1. The molecule has 23 heavy (non-hydrogen) atoms. The third-order valence-corrected chi connectivity index (χ3v) is 5.14. The smallest absolute Gasteiger partial charge is 0.191 e. The minimum absolute atomic E-state index is 0.0732. The second-order valence-electron chi connectivity index (χ2n) is 6.24. The zero-order valence-electron chi connectivity index (χ0n) is 15.0. The van der Waals surface area contributed by atoms with Gasteiger partial charge in [-0.05, 0) is 19.9 Å². The van der Waals surface area contributed by atoms with Crippen LogP contribution in [0.1, 0.15) is 20.3 Å². The van der Waals surface area contributed by atoms with Crippen LogP contribution in [-0.2, 0) is 9.84 Å². The van der Waals surface area contributed by atoms with Gasteiger partial charge in [0.1, 0.15) is 9.84 Å². The Morgan fingerprint density at radius 3 is 2.35 bits per heavy atom. The van der Waals surface area contributed by atoms with Crippen LogP contribution in [0, 0.1) is 0 Å². The number of piperazine rings is 1. The van der Waals surface area contributed by atoms with Gasteiger partial charge in [0.05, 0.1) is 5.75 Å². The molecule has 1 saturated heterocycles. The van der Waals surface area contributed by atoms with Gasteiger partial charge in [0, 0.05) is 58.6 Å². The highest BCUT2D eigenvalue weighted by Crippen LogP contribution is 2.00. The zero-order valence-corrected chi connectivity index (χ0v) is 15.8. The first-order chi connectivity index (χ1) is 10.8. The van der Waals surface area contributed by atoms with Crippen molar-refractivity contribution >= 4 is 15.8 Å². The maximum atomic E-state index is 11.2. The summed E-state index contributed by atoms with van der Waals surface area (Å²) in [6, 6.07) is 0.0732. The molecule has 0 aromatic heterocycles. The number of hydrogen-bond donors (Lipinski definition) is 2. The van der Waals surface area contributed by atoms with E-state index in [1.54, 1.807) is 7.05 Å². The van der Waals surface area contributed by atoms with E-state index < -0.39 is 9.84 Å². The van der Waals surface area contributed by atoms with Crippen molar-refractivity contribution in [1.82, 2.24) is 20.4 Å². The third-order valence-electron chi connectivity index (χ3n) is 4.16. The number of sulfone groups is 1. The number of rotatable bonds is 8. The fourth-order valence-corrected chi connectivity index (χ4v) is 3.33. The van der Waals surface area contributed by atoms with E-state index in [4.69, 9.17) is 0 Å². The van der Waals surface area contributed by atoms with Crippen molar-refractivity contribution in [1.29, 1.82) is 0 Å². The number of nitrogens with zero attached hydrogens (tertiary/aromatic N) is 3. The molecular formula is C15H33N5O2S. The topological polar surface area (TPSA) is 77.0 Å². The van der Waals surface area contributed by atoms with Gasteiger partial charge in [-0.1, -0.05) is 6.92 Å². The molecule has 0 amide bonds. The fourth-order valence-electron chi connectivity index (χ4n) is 2.55. The Hall–Kier alpha value is -0.860. The normalized spacial score (nSPS) is 19.6. The molecule has 0 aliphatic carbocycles. The van der Waals surface area contributed by atoms with E-state index in [0.29, 0.717) is 6.42 Å². The summed E-state index contributed by atoms with van der Waals surface area (Å²) in [7, 11) is -1.18. The lowest BCUT2D eigenvalue weighted by Crippen LogP contribution is -2.49. The number of likely N-dealkylation sites (N-methyl/N-ethyl adjacent to an activating group) is 1. The van der Waals surface area contributed by atoms with Crippen molar-refractivity contribution in [3.05, 3.63) is 0 Å². The molecule has 1 atom stereocenters. The average Bonchev–Trinajstić information content (AvgIpc) is 2.52. The summed E-state index contributed by atoms with van der Waals surface area (Å²) >= 11 is 0. The first kappa shape index (κ1) is 20.2. The van der Waals surface area contributed by atoms with E-state index in [9.17, 15) is 8.42 Å². The summed E-state index contributed by atoms with van der Waals surface area (Å²) in [5, 5.41) is 6.54. The summed E-state index contributed by atoms with van der Waals surface area (Å²) in [6.07, 6.45) is 1.85. The van der Waals surface area contributed by atoms with E-state index in [2.05, 4.69) is 32.3 Å². The first-order valence-electron chi connectivity index (χ1n) is 8.43. The van der Waals surface area contributed by atoms with Gasteiger partial charge in [0.15, 0.2) is 5.96 Å². The predicted molar refractivity (Wildman–Crippen MR) is 96.8 cm³/mol. The minimum atomic E-state index is -2.91. The SMILES string of the molecule is CCN1CCN(CCNC(=NC)NC(C)CCS(C)(=O)=O)CC1. The first-order valence-corrected chi connectivity index (χ1v) is 10.5. The minimum Gasteiger partial charge on any atom is -0.355 e. The van der Waals surface area contributed by atoms with Gasteiger partial charge in [-0.2, -0.15) is 0 Å². The summed E-state index contributed by atoms with van der Waals surface area (Å²) in [4.78, 5) is 9.12. The Morgan fingerprint density at radius 1 is 1.22 bits per heavy atom. The lowest BCUT2D eigenvalue weighted by molar-refractivity contribution is 0.139. The van der Waals surface area contributed by atoms with E-state index in [1.807, 2.05) is 6.92 Å². The number of aliphatic imine (C=N–C) groups is 1. The van der Waals surface area contributed by atoms with Gasteiger partial charge in [-0.25, -0.2) is 8.42 Å². The lowest BCUT2D eigenvalue weighted by atomic mass is 10.3. The second-order valence-corrected chi connectivity index (χ2v) is 8.50. The molecule has 136 valence electrons. The maximum absolute atomic E-state index is 11.2. The van der Waals surface area contributed by atoms with Crippen LogP contribution in [-0.4, -0.2) is 95.1 Å². The van der Waals surface area contributed by atoms with Crippen molar-refractivity contribution in [2.75, 3.05) is 64.9 Å². The molecule has 1 rings (SSSR count). The van der Waals surface area contributed by atoms with E-state index in [-0.39, 0.29) is 11.8 Å². The molecule has 1 aliphatic heterocycles. The molecule has 2 N–H and O–H groups in total. The Kier molecular flexibility index (Phi) is 8.86. The van der Waals surface area contributed by atoms with E-state index in [0.717, 1.165) is 51.8 Å². The van der Waals surface area contributed by atoms with Gasteiger partial charge in [-0.3, -0.25) is 9.89 Å². The quantitative estimate of drug-likeness (QED) is 0.460. The average molecular weight is 348 g/mol. The fraction of sp³-hybridized carbons (Fsp3) is 0.933. The molecule has 1 fully saturated rings. The summed E-state index contributed by atoms with van der Waals surface area (Å²) in [5.41, 5.74) is 0.